The Morgan fingerprint density at radius 2 is 1.97 bits per heavy atom. The summed E-state index contributed by atoms with van der Waals surface area (Å²) in [5.74, 6) is 3.04. The van der Waals surface area contributed by atoms with Crippen LogP contribution < -0.4 is 10.1 Å². The SMILES string of the molecule is C#CCSc1nnc(OCC)n1C1=C(C(=O)Nc2cccc(C)c2)C2(CCCCC2)Cc2ccccc21. The van der Waals surface area contributed by atoms with Crippen molar-refractivity contribution in [3.05, 3.63) is 70.8 Å². The molecule has 0 radical (unpaired) electrons. The minimum absolute atomic E-state index is 0.0824. The van der Waals surface area contributed by atoms with Gasteiger partial charge in [-0.25, -0.2) is 4.57 Å². The van der Waals surface area contributed by atoms with Gasteiger partial charge in [-0.15, -0.1) is 11.5 Å². The molecule has 0 bridgehead atoms. The van der Waals surface area contributed by atoms with E-state index in [1.165, 1.54) is 23.7 Å². The lowest BCUT2D eigenvalue weighted by Gasteiger charge is -2.44. The van der Waals surface area contributed by atoms with Crippen LogP contribution in [-0.4, -0.2) is 33.0 Å². The Bertz CT molecular complexity index is 1380. The van der Waals surface area contributed by atoms with Crippen molar-refractivity contribution in [1.29, 1.82) is 0 Å². The smallest absolute Gasteiger partial charge is 0.322 e. The Balaban J connectivity index is 1.78. The molecule has 2 aliphatic carbocycles. The fourth-order valence-corrected chi connectivity index (χ4v) is 6.38. The number of amides is 1. The largest absolute Gasteiger partial charge is 0.464 e. The van der Waals surface area contributed by atoms with Crippen LogP contribution in [-0.2, 0) is 11.2 Å². The highest BCUT2D eigenvalue weighted by molar-refractivity contribution is 7.99. The fraction of sp³-hybridized carbons (Fsp3) is 0.367. The Morgan fingerprint density at radius 1 is 1.16 bits per heavy atom. The number of thioether (sulfide) groups is 1. The van der Waals surface area contributed by atoms with E-state index in [1.807, 2.05) is 48.7 Å². The molecule has 1 fully saturated rings. The normalized spacial score (nSPS) is 16.2. The van der Waals surface area contributed by atoms with Crippen molar-refractivity contribution in [3.8, 4) is 18.4 Å². The van der Waals surface area contributed by atoms with Crippen molar-refractivity contribution < 1.29 is 9.53 Å². The molecule has 5 rings (SSSR count). The Kier molecular flexibility index (Phi) is 7.38. The van der Waals surface area contributed by atoms with Crippen LogP contribution >= 0.6 is 11.8 Å². The topological polar surface area (TPSA) is 69.0 Å². The van der Waals surface area contributed by atoms with Crippen LogP contribution in [0.3, 0.4) is 0 Å². The first-order valence-electron chi connectivity index (χ1n) is 12.9. The number of aromatic nitrogens is 3. The third-order valence-corrected chi connectivity index (χ3v) is 8.10. The molecule has 2 aromatic carbocycles. The van der Waals surface area contributed by atoms with Crippen LogP contribution in [0.4, 0.5) is 5.69 Å². The number of hydrogen-bond donors (Lipinski definition) is 1. The molecule has 0 atom stereocenters. The second-order valence-electron chi connectivity index (χ2n) is 9.75. The maximum atomic E-state index is 14.4. The van der Waals surface area contributed by atoms with Crippen LogP contribution in [0.2, 0.25) is 0 Å². The van der Waals surface area contributed by atoms with Crippen LogP contribution in [0.15, 0.2) is 59.3 Å². The van der Waals surface area contributed by atoms with Crippen LogP contribution in [0.25, 0.3) is 5.70 Å². The number of fused-ring (bicyclic) bond motifs is 1. The number of rotatable bonds is 7. The molecule has 190 valence electrons. The van der Waals surface area contributed by atoms with Gasteiger partial charge >= 0.3 is 6.01 Å². The summed E-state index contributed by atoms with van der Waals surface area (Å²) in [6.45, 7) is 4.38. The van der Waals surface area contributed by atoms with E-state index in [0.29, 0.717) is 23.5 Å². The monoisotopic (exact) mass is 512 g/mol. The molecule has 1 N–H and O–H groups in total. The average molecular weight is 513 g/mol. The van der Waals surface area contributed by atoms with Crippen molar-refractivity contribution in [2.45, 2.75) is 57.5 Å². The van der Waals surface area contributed by atoms with Gasteiger partial charge in [0.05, 0.1) is 18.1 Å². The maximum absolute atomic E-state index is 14.4. The number of benzene rings is 2. The van der Waals surface area contributed by atoms with E-state index >= 15 is 0 Å². The zero-order chi connectivity index (χ0) is 25.8. The quantitative estimate of drug-likeness (QED) is 0.305. The number of aryl methyl sites for hydroxylation is 1. The van der Waals surface area contributed by atoms with Crippen LogP contribution in [0, 0.1) is 24.7 Å². The number of anilines is 1. The first-order chi connectivity index (χ1) is 18.1. The second-order valence-corrected chi connectivity index (χ2v) is 10.7. The zero-order valence-corrected chi connectivity index (χ0v) is 22.2. The summed E-state index contributed by atoms with van der Waals surface area (Å²) in [6, 6.07) is 16.7. The average Bonchev–Trinajstić information content (AvgIpc) is 3.29. The zero-order valence-electron chi connectivity index (χ0n) is 21.4. The molecule has 6 nitrogen and oxygen atoms in total. The summed E-state index contributed by atoms with van der Waals surface area (Å²) in [5, 5.41) is 12.7. The molecular formula is C30H32N4O2S. The molecule has 1 aromatic heterocycles. The first-order valence-corrected chi connectivity index (χ1v) is 13.9. The highest BCUT2D eigenvalue weighted by atomic mass is 32.2. The number of nitrogens with zero attached hydrogens (tertiary/aromatic N) is 3. The highest BCUT2D eigenvalue weighted by Crippen LogP contribution is 2.53. The molecule has 7 heteroatoms. The summed E-state index contributed by atoms with van der Waals surface area (Å²) in [5.41, 5.74) is 5.44. The third-order valence-electron chi connectivity index (χ3n) is 7.27. The fourth-order valence-electron chi connectivity index (χ4n) is 5.77. The highest BCUT2D eigenvalue weighted by Gasteiger charge is 2.46. The van der Waals surface area contributed by atoms with Crippen molar-refractivity contribution in [1.82, 2.24) is 14.8 Å². The molecular weight excluding hydrogens is 480 g/mol. The summed E-state index contributed by atoms with van der Waals surface area (Å²) >= 11 is 1.42. The lowest BCUT2D eigenvalue weighted by Crippen LogP contribution is -2.39. The summed E-state index contributed by atoms with van der Waals surface area (Å²) in [4.78, 5) is 14.4. The standard InChI is InChI=1S/C30H32N4O2S/c1-4-18-37-29-33-32-28(36-5-2)34(29)26-24-15-8-7-13-22(24)20-30(16-9-6-10-17-30)25(26)27(35)31-23-14-11-12-21(3)19-23/h1,7-8,11-15,19H,5-6,9-10,16-18,20H2,2-3H3,(H,31,35). The number of nitrogens with one attached hydrogen (secondary N) is 1. The number of ether oxygens (including phenoxy) is 1. The predicted octanol–water partition coefficient (Wildman–Crippen LogP) is 6.12. The molecule has 3 aromatic rings. The first kappa shape index (κ1) is 25.2. The summed E-state index contributed by atoms with van der Waals surface area (Å²) < 4.78 is 7.88. The minimum Gasteiger partial charge on any atom is -0.464 e. The Hall–Kier alpha value is -3.50. The Labute approximate surface area is 222 Å². The van der Waals surface area contributed by atoms with E-state index < -0.39 is 0 Å². The second kappa shape index (κ2) is 10.9. The van der Waals surface area contributed by atoms with E-state index in [1.54, 1.807) is 0 Å². The van der Waals surface area contributed by atoms with Crippen molar-refractivity contribution in [3.63, 3.8) is 0 Å². The van der Waals surface area contributed by atoms with Crippen LogP contribution in [0.5, 0.6) is 6.01 Å². The van der Waals surface area contributed by atoms with Gasteiger partial charge in [0.2, 0.25) is 0 Å². The van der Waals surface area contributed by atoms with Gasteiger partial charge in [-0.3, -0.25) is 4.79 Å². The molecule has 0 unspecified atom stereocenters. The van der Waals surface area contributed by atoms with E-state index in [-0.39, 0.29) is 11.3 Å². The molecule has 1 spiro atoms. The van der Waals surface area contributed by atoms with Gasteiger partial charge in [0, 0.05) is 22.2 Å². The van der Waals surface area contributed by atoms with Gasteiger partial charge in [0.15, 0.2) is 5.16 Å². The minimum atomic E-state index is -0.280. The predicted molar refractivity (Wildman–Crippen MR) is 149 cm³/mol. The van der Waals surface area contributed by atoms with E-state index in [4.69, 9.17) is 11.2 Å². The van der Waals surface area contributed by atoms with Gasteiger partial charge in [-0.2, -0.15) is 0 Å². The number of hydrogen-bond acceptors (Lipinski definition) is 5. The molecule has 2 aliphatic rings. The summed E-state index contributed by atoms with van der Waals surface area (Å²) in [6.07, 6.45) is 11.7. The van der Waals surface area contributed by atoms with Gasteiger partial charge in [0.25, 0.3) is 5.91 Å². The maximum Gasteiger partial charge on any atom is 0.322 e. The summed E-state index contributed by atoms with van der Waals surface area (Å²) in [7, 11) is 0. The molecule has 1 heterocycles. The Morgan fingerprint density at radius 3 is 2.73 bits per heavy atom. The third kappa shape index (κ3) is 4.91. The van der Waals surface area contributed by atoms with Crippen LogP contribution in [0.1, 0.15) is 55.7 Å². The van der Waals surface area contributed by atoms with Gasteiger partial charge in [0.1, 0.15) is 0 Å². The van der Waals surface area contributed by atoms with Gasteiger partial charge in [-0.1, -0.05) is 78.4 Å². The molecule has 1 amide bonds. The van der Waals surface area contributed by atoms with Gasteiger partial charge in [-0.05, 0) is 56.4 Å². The molecule has 37 heavy (non-hydrogen) atoms. The number of terminal acetylenes is 1. The van der Waals surface area contributed by atoms with Crippen molar-refractivity contribution >= 4 is 29.1 Å². The molecule has 0 saturated heterocycles. The van der Waals surface area contributed by atoms with Crippen molar-refractivity contribution in [2.75, 3.05) is 17.7 Å². The van der Waals surface area contributed by atoms with E-state index in [2.05, 4.69) is 39.6 Å². The van der Waals surface area contributed by atoms with Gasteiger partial charge < -0.3 is 10.1 Å². The van der Waals surface area contributed by atoms with E-state index in [9.17, 15) is 4.79 Å². The molecule has 0 aliphatic heterocycles. The van der Waals surface area contributed by atoms with Crippen molar-refractivity contribution in [2.24, 2.45) is 5.41 Å². The van der Waals surface area contributed by atoms with E-state index in [0.717, 1.165) is 60.2 Å². The lowest BCUT2D eigenvalue weighted by atomic mass is 9.61. The lowest BCUT2D eigenvalue weighted by molar-refractivity contribution is -0.114. The molecule has 1 saturated carbocycles. The number of carbonyl (C=O) groups excluding carboxylic acids is 1. The number of carbonyl (C=O) groups is 1.